The third-order valence-corrected chi connectivity index (χ3v) is 3.11. The van der Waals surface area contributed by atoms with Gasteiger partial charge in [0.1, 0.15) is 11.6 Å². The predicted octanol–water partition coefficient (Wildman–Crippen LogP) is 3.32. The average molecular weight is 276 g/mol. The molecule has 0 unspecified atom stereocenters. The Labute approximate surface area is 117 Å². The van der Waals surface area contributed by atoms with Crippen LogP contribution < -0.4 is 10.6 Å². The SMILES string of the molecule is NCCCN(Cc1ccc(F)cc1)c1ccccc1F. The number of nitrogens with zero attached hydrogens (tertiary/aromatic N) is 1. The third kappa shape index (κ3) is 3.78. The number of hydrogen-bond donors (Lipinski definition) is 1. The minimum atomic E-state index is -0.270. The smallest absolute Gasteiger partial charge is 0.146 e. The van der Waals surface area contributed by atoms with Crippen molar-refractivity contribution in [1.82, 2.24) is 0 Å². The Morgan fingerprint density at radius 1 is 0.950 bits per heavy atom. The maximum absolute atomic E-state index is 13.9. The minimum absolute atomic E-state index is 0.258. The summed E-state index contributed by atoms with van der Waals surface area (Å²) in [5.74, 6) is -0.528. The standard InChI is InChI=1S/C16H18F2N2/c17-14-8-6-13(7-9-14)12-20(11-3-10-19)16-5-2-1-4-15(16)18/h1-2,4-9H,3,10-12,19H2. The van der Waals surface area contributed by atoms with Crippen molar-refractivity contribution in [2.75, 3.05) is 18.0 Å². The lowest BCUT2D eigenvalue weighted by Gasteiger charge is -2.25. The monoisotopic (exact) mass is 276 g/mol. The maximum Gasteiger partial charge on any atom is 0.146 e. The van der Waals surface area contributed by atoms with Crippen LogP contribution >= 0.6 is 0 Å². The van der Waals surface area contributed by atoms with E-state index < -0.39 is 0 Å². The zero-order chi connectivity index (χ0) is 14.4. The molecule has 0 bridgehead atoms. The van der Waals surface area contributed by atoms with Crippen molar-refractivity contribution in [3.05, 3.63) is 65.7 Å². The molecule has 2 N–H and O–H groups in total. The summed E-state index contributed by atoms with van der Waals surface area (Å²) in [5, 5.41) is 0. The fourth-order valence-corrected chi connectivity index (χ4v) is 2.09. The molecule has 0 atom stereocenters. The molecule has 0 radical (unpaired) electrons. The highest BCUT2D eigenvalue weighted by molar-refractivity contribution is 5.48. The summed E-state index contributed by atoms with van der Waals surface area (Å²) in [4.78, 5) is 1.93. The van der Waals surface area contributed by atoms with Gasteiger partial charge in [-0.3, -0.25) is 0 Å². The molecule has 20 heavy (non-hydrogen) atoms. The summed E-state index contributed by atoms with van der Waals surface area (Å²) in [7, 11) is 0. The van der Waals surface area contributed by atoms with Gasteiger partial charge in [-0.05, 0) is 42.8 Å². The maximum atomic E-state index is 13.9. The second-order valence-electron chi connectivity index (χ2n) is 4.64. The van der Waals surface area contributed by atoms with Crippen molar-refractivity contribution >= 4 is 5.69 Å². The van der Waals surface area contributed by atoms with Crippen LogP contribution in [0.2, 0.25) is 0 Å². The van der Waals surface area contributed by atoms with Gasteiger partial charge in [-0.2, -0.15) is 0 Å². The van der Waals surface area contributed by atoms with E-state index in [-0.39, 0.29) is 11.6 Å². The number of halogens is 2. The lowest BCUT2D eigenvalue weighted by molar-refractivity contribution is 0.611. The molecule has 2 aromatic rings. The molecule has 0 saturated carbocycles. The van der Waals surface area contributed by atoms with E-state index in [1.165, 1.54) is 18.2 Å². The zero-order valence-corrected chi connectivity index (χ0v) is 11.2. The van der Waals surface area contributed by atoms with Gasteiger partial charge in [-0.25, -0.2) is 8.78 Å². The van der Waals surface area contributed by atoms with Gasteiger partial charge in [0.25, 0.3) is 0 Å². The molecule has 2 nitrogen and oxygen atoms in total. The molecule has 0 aliphatic carbocycles. The summed E-state index contributed by atoms with van der Waals surface area (Å²) in [6, 6.07) is 12.9. The van der Waals surface area contributed by atoms with Gasteiger partial charge in [-0.1, -0.05) is 24.3 Å². The van der Waals surface area contributed by atoms with Crippen LogP contribution in [0.1, 0.15) is 12.0 Å². The van der Waals surface area contributed by atoms with Crippen LogP contribution in [0.3, 0.4) is 0 Å². The van der Waals surface area contributed by atoms with Gasteiger partial charge in [0.2, 0.25) is 0 Å². The molecule has 0 saturated heterocycles. The highest BCUT2D eigenvalue weighted by Gasteiger charge is 2.11. The summed E-state index contributed by atoms with van der Waals surface area (Å²) in [6.45, 7) is 1.74. The minimum Gasteiger partial charge on any atom is -0.365 e. The highest BCUT2D eigenvalue weighted by Crippen LogP contribution is 2.21. The number of rotatable bonds is 6. The van der Waals surface area contributed by atoms with E-state index >= 15 is 0 Å². The number of hydrogen-bond acceptors (Lipinski definition) is 2. The molecule has 2 rings (SSSR count). The Balaban J connectivity index is 2.19. The lowest BCUT2D eigenvalue weighted by Crippen LogP contribution is -2.26. The summed E-state index contributed by atoms with van der Waals surface area (Å²) >= 11 is 0. The van der Waals surface area contributed by atoms with Crippen LogP contribution in [0, 0.1) is 11.6 Å². The molecule has 0 spiro atoms. The van der Waals surface area contributed by atoms with Gasteiger partial charge in [0.15, 0.2) is 0 Å². The molecular formula is C16H18F2N2. The molecular weight excluding hydrogens is 258 g/mol. The fourth-order valence-electron chi connectivity index (χ4n) is 2.09. The average Bonchev–Trinajstić information content (AvgIpc) is 2.46. The van der Waals surface area contributed by atoms with Crippen molar-refractivity contribution in [1.29, 1.82) is 0 Å². The van der Waals surface area contributed by atoms with Crippen LogP contribution in [0.4, 0.5) is 14.5 Å². The van der Waals surface area contributed by atoms with Gasteiger partial charge < -0.3 is 10.6 Å². The van der Waals surface area contributed by atoms with Gasteiger partial charge >= 0.3 is 0 Å². The predicted molar refractivity (Wildman–Crippen MR) is 77.5 cm³/mol. The van der Waals surface area contributed by atoms with Crippen molar-refractivity contribution in [3.63, 3.8) is 0 Å². The summed E-state index contributed by atoms with van der Waals surface area (Å²) in [6.07, 6.45) is 0.773. The van der Waals surface area contributed by atoms with Crippen LogP contribution in [-0.2, 0) is 6.54 Å². The Morgan fingerprint density at radius 3 is 2.30 bits per heavy atom. The highest BCUT2D eigenvalue weighted by atomic mass is 19.1. The van der Waals surface area contributed by atoms with Gasteiger partial charge in [0.05, 0.1) is 5.69 Å². The van der Waals surface area contributed by atoms with Crippen LogP contribution in [0.25, 0.3) is 0 Å². The normalized spacial score (nSPS) is 10.6. The van der Waals surface area contributed by atoms with Crippen LogP contribution in [0.5, 0.6) is 0 Å². The van der Waals surface area contributed by atoms with Crippen molar-refractivity contribution in [2.24, 2.45) is 5.73 Å². The first-order valence-electron chi connectivity index (χ1n) is 6.64. The van der Waals surface area contributed by atoms with E-state index in [1.807, 2.05) is 4.90 Å². The van der Waals surface area contributed by atoms with E-state index in [2.05, 4.69) is 0 Å². The van der Waals surface area contributed by atoms with Crippen molar-refractivity contribution < 1.29 is 8.78 Å². The largest absolute Gasteiger partial charge is 0.365 e. The van der Waals surface area contributed by atoms with Crippen LogP contribution in [0.15, 0.2) is 48.5 Å². The number of anilines is 1. The first-order chi connectivity index (χ1) is 9.70. The first-order valence-corrected chi connectivity index (χ1v) is 6.64. The quantitative estimate of drug-likeness (QED) is 0.877. The Hall–Kier alpha value is -1.94. The number of para-hydroxylation sites is 1. The molecule has 2 aromatic carbocycles. The molecule has 0 heterocycles. The molecule has 0 amide bonds. The Kier molecular flexibility index (Phi) is 5.07. The van der Waals surface area contributed by atoms with Crippen LogP contribution in [-0.4, -0.2) is 13.1 Å². The van der Waals surface area contributed by atoms with E-state index in [1.54, 1.807) is 30.3 Å². The molecule has 106 valence electrons. The van der Waals surface area contributed by atoms with E-state index in [0.717, 1.165) is 12.0 Å². The fraction of sp³-hybridized carbons (Fsp3) is 0.250. The van der Waals surface area contributed by atoms with Gasteiger partial charge in [-0.15, -0.1) is 0 Å². The van der Waals surface area contributed by atoms with E-state index in [4.69, 9.17) is 5.73 Å². The van der Waals surface area contributed by atoms with Gasteiger partial charge in [0, 0.05) is 13.1 Å². The zero-order valence-electron chi connectivity index (χ0n) is 11.2. The number of nitrogens with two attached hydrogens (primary N) is 1. The first kappa shape index (κ1) is 14.5. The molecule has 0 aliphatic heterocycles. The second kappa shape index (κ2) is 7.01. The van der Waals surface area contributed by atoms with E-state index in [9.17, 15) is 8.78 Å². The van der Waals surface area contributed by atoms with Crippen molar-refractivity contribution in [3.8, 4) is 0 Å². The molecule has 4 heteroatoms. The molecule has 0 aliphatic rings. The number of benzene rings is 2. The molecule has 0 aromatic heterocycles. The third-order valence-electron chi connectivity index (χ3n) is 3.11. The van der Waals surface area contributed by atoms with E-state index in [0.29, 0.717) is 25.3 Å². The summed E-state index contributed by atoms with van der Waals surface area (Å²) < 4.78 is 26.8. The van der Waals surface area contributed by atoms with Crippen molar-refractivity contribution in [2.45, 2.75) is 13.0 Å². The lowest BCUT2D eigenvalue weighted by atomic mass is 10.1. The summed E-state index contributed by atoms with van der Waals surface area (Å²) in [5.41, 5.74) is 7.02. The Bertz CT molecular complexity index is 540. The second-order valence-corrected chi connectivity index (χ2v) is 4.64. The topological polar surface area (TPSA) is 29.3 Å². The molecule has 0 fully saturated rings. The Morgan fingerprint density at radius 2 is 1.65 bits per heavy atom.